The summed E-state index contributed by atoms with van der Waals surface area (Å²) in [7, 11) is 1.43. The van der Waals surface area contributed by atoms with E-state index in [1.807, 2.05) is 5.32 Å². The maximum Gasteiger partial charge on any atom is 0.339 e. The van der Waals surface area contributed by atoms with Gasteiger partial charge in [0.25, 0.3) is 5.91 Å². The Balaban J connectivity index is 1.87. The molecule has 154 valence electrons. The number of amides is 2. The van der Waals surface area contributed by atoms with Crippen LogP contribution in [0.1, 0.15) is 17.3 Å². The molecule has 0 heterocycles. The highest BCUT2D eigenvalue weighted by Crippen LogP contribution is 2.19. The molecule has 0 aliphatic rings. The summed E-state index contributed by atoms with van der Waals surface area (Å²) in [5.74, 6) is -6.73. The molecule has 2 rings (SSSR count). The lowest BCUT2D eigenvalue weighted by Gasteiger charge is -2.14. The van der Waals surface area contributed by atoms with Crippen LogP contribution in [0.3, 0.4) is 0 Å². The molecule has 2 aromatic carbocycles. The van der Waals surface area contributed by atoms with Crippen molar-refractivity contribution in [2.45, 2.75) is 13.0 Å². The third-order valence-electron chi connectivity index (χ3n) is 3.69. The minimum absolute atomic E-state index is 0.163. The molecule has 0 radical (unpaired) electrons. The molecule has 0 fully saturated rings. The number of hydrogen-bond donors (Lipinski definition) is 2. The summed E-state index contributed by atoms with van der Waals surface area (Å²) >= 11 is 0. The highest BCUT2D eigenvalue weighted by molar-refractivity contribution is 5.96. The number of ether oxygens (including phenoxy) is 2. The van der Waals surface area contributed by atoms with Crippen LogP contribution in [0.5, 0.6) is 5.75 Å². The minimum Gasteiger partial charge on any atom is -0.497 e. The Morgan fingerprint density at radius 2 is 1.79 bits per heavy atom. The van der Waals surface area contributed by atoms with E-state index in [4.69, 9.17) is 9.47 Å². The number of esters is 1. The van der Waals surface area contributed by atoms with E-state index in [2.05, 4.69) is 5.32 Å². The van der Waals surface area contributed by atoms with Crippen molar-refractivity contribution in [2.75, 3.05) is 19.0 Å². The van der Waals surface area contributed by atoms with Gasteiger partial charge in [-0.3, -0.25) is 9.59 Å². The maximum absolute atomic E-state index is 13.5. The zero-order chi connectivity index (χ0) is 21.6. The average molecular weight is 410 g/mol. The molecule has 0 aliphatic heterocycles. The molecule has 1 atom stereocenters. The quantitative estimate of drug-likeness (QED) is 0.540. The zero-order valence-electron chi connectivity index (χ0n) is 15.4. The molecule has 2 amide bonds. The Labute approximate surface area is 163 Å². The number of carbonyl (C=O) groups is 3. The van der Waals surface area contributed by atoms with E-state index in [1.54, 1.807) is 12.1 Å². The van der Waals surface area contributed by atoms with Crippen molar-refractivity contribution in [3.8, 4) is 5.75 Å². The van der Waals surface area contributed by atoms with Gasteiger partial charge in [0.2, 0.25) is 5.91 Å². The molecule has 0 saturated carbocycles. The molecule has 0 aromatic heterocycles. The van der Waals surface area contributed by atoms with E-state index in [0.29, 0.717) is 11.8 Å². The lowest BCUT2D eigenvalue weighted by molar-refractivity contribution is -0.130. The summed E-state index contributed by atoms with van der Waals surface area (Å²) in [5, 5.41) is 4.18. The molecule has 0 spiro atoms. The van der Waals surface area contributed by atoms with Crippen molar-refractivity contribution in [1.29, 1.82) is 0 Å². The third kappa shape index (κ3) is 5.71. The van der Waals surface area contributed by atoms with Gasteiger partial charge in [-0.05, 0) is 37.3 Å². The van der Waals surface area contributed by atoms with Crippen LogP contribution in [-0.4, -0.2) is 37.5 Å². The van der Waals surface area contributed by atoms with Gasteiger partial charge in [-0.25, -0.2) is 18.0 Å². The van der Waals surface area contributed by atoms with Crippen LogP contribution in [0.4, 0.5) is 18.9 Å². The Hall–Kier alpha value is -3.56. The number of halogens is 3. The highest BCUT2D eigenvalue weighted by atomic mass is 19.2. The van der Waals surface area contributed by atoms with Gasteiger partial charge in [0.1, 0.15) is 5.75 Å². The molecule has 0 aliphatic carbocycles. The van der Waals surface area contributed by atoms with Crippen molar-refractivity contribution in [2.24, 2.45) is 0 Å². The highest BCUT2D eigenvalue weighted by Gasteiger charge is 2.20. The summed E-state index contributed by atoms with van der Waals surface area (Å²) in [4.78, 5) is 35.8. The fourth-order valence-electron chi connectivity index (χ4n) is 2.16. The van der Waals surface area contributed by atoms with E-state index in [0.717, 1.165) is 6.07 Å². The first kappa shape index (κ1) is 21.7. The fraction of sp³-hybridized carbons (Fsp3) is 0.211. The Kier molecular flexibility index (Phi) is 7.18. The van der Waals surface area contributed by atoms with Gasteiger partial charge in [0.05, 0.1) is 24.9 Å². The van der Waals surface area contributed by atoms with Gasteiger partial charge in [-0.1, -0.05) is 6.07 Å². The van der Waals surface area contributed by atoms with Crippen LogP contribution in [0.15, 0.2) is 36.4 Å². The van der Waals surface area contributed by atoms with Crippen LogP contribution in [-0.2, 0) is 14.3 Å². The SMILES string of the molecule is COc1cccc(C(=O)OC(C)C(=O)NCC(=O)Nc2ccc(F)c(F)c2F)c1. The Morgan fingerprint density at radius 1 is 1.07 bits per heavy atom. The van der Waals surface area contributed by atoms with E-state index >= 15 is 0 Å². The second-order valence-corrected chi connectivity index (χ2v) is 5.77. The third-order valence-corrected chi connectivity index (χ3v) is 3.69. The van der Waals surface area contributed by atoms with Crippen LogP contribution in [0.25, 0.3) is 0 Å². The topological polar surface area (TPSA) is 93.7 Å². The second-order valence-electron chi connectivity index (χ2n) is 5.77. The van der Waals surface area contributed by atoms with E-state index in [1.165, 1.54) is 26.2 Å². The standard InChI is InChI=1S/C19H17F3N2O5/c1-10(29-19(27)11-4-3-5-12(8-11)28-2)18(26)23-9-15(25)24-14-7-6-13(20)16(21)17(14)22/h3-8,10H,9H2,1-2H3,(H,23,26)(H,24,25). The predicted molar refractivity (Wildman–Crippen MR) is 95.8 cm³/mol. The summed E-state index contributed by atoms with van der Waals surface area (Å²) in [6.07, 6.45) is -1.23. The summed E-state index contributed by atoms with van der Waals surface area (Å²) < 4.78 is 49.5. The van der Waals surface area contributed by atoms with Gasteiger partial charge < -0.3 is 20.1 Å². The first-order chi connectivity index (χ1) is 13.7. The maximum atomic E-state index is 13.5. The molecule has 1 unspecified atom stereocenters. The van der Waals surface area contributed by atoms with Crippen LogP contribution >= 0.6 is 0 Å². The van der Waals surface area contributed by atoms with Crippen molar-refractivity contribution < 1.29 is 37.0 Å². The van der Waals surface area contributed by atoms with Crippen LogP contribution in [0, 0.1) is 17.5 Å². The molecule has 2 aromatic rings. The summed E-state index contributed by atoms with van der Waals surface area (Å²) in [5.41, 5.74) is -0.420. The van der Waals surface area contributed by atoms with Gasteiger partial charge in [0.15, 0.2) is 23.6 Å². The van der Waals surface area contributed by atoms with Gasteiger partial charge in [-0.15, -0.1) is 0 Å². The number of nitrogens with one attached hydrogen (secondary N) is 2. The molecule has 0 saturated heterocycles. The predicted octanol–water partition coefficient (Wildman–Crippen LogP) is 2.41. The van der Waals surface area contributed by atoms with Gasteiger partial charge >= 0.3 is 5.97 Å². The van der Waals surface area contributed by atoms with Crippen molar-refractivity contribution in [3.63, 3.8) is 0 Å². The number of hydrogen-bond acceptors (Lipinski definition) is 5. The van der Waals surface area contributed by atoms with Gasteiger partial charge in [0, 0.05) is 0 Å². The van der Waals surface area contributed by atoms with Crippen molar-refractivity contribution in [3.05, 3.63) is 59.4 Å². The zero-order valence-corrected chi connectivity index (χ0v) is 15.4. The van der Waals surface area contributed by atoms with E-state index in [-0.39, 0.29) is 5.56 Å². The second kappa shape index (κ2) is 9.58. The largest absolute Gasteiger partial charge is 0.497 e. The normalized spacial score (nSPS) is 11.3. The molecule has 10 heteroatoms. The van der Waals surface area contributed by atoms with Crippen molar-refractivity contribution >= 4 is 23.5 Å². The average Bonchev–Trinajstić information content (AvgIpc) is 2.72. The lowest BCUT2D eigenvalue weighted by atomic mass is 10.2. The minimum atomic E-state index is -1.73. The van der Waals surface area contributed by atoms with Crippen LogP contribution in [0.2, 0.25) is 0 Å². The molecular weight excluding hydrogens is 393 g/mol. The molecule has 7 nitrogen and oxygen atoms in total. The van der Waals surface area contributed by atoms with Crippen molar-refractivity contribution in [1.82, 2.24) is 5.32 Å². The summed E-state index contributed by atoms with van der Waals surface area (Å²) in [6.45, 7) is 0.679. The fourth-order valence-corrected chi connectivity index (χ4v) is 2.16. The number of rotatable bonds is 7. The summed E-state index contributed by atoms with van der Waals surface area (Å²) in [6, 6.07) is 7.58. The first-order valence-electron chi connectivity index (χ1n) is 8.29. The first-order valence-corrected chi connectivity index (χ1v) is 8.29. The number of methoxy groups -OCH3 is 1. The Morgan fingerprint density at radius 3 is 2.48 bits per heavy atom. The smallest absolute Gasteiger partial charge is 0.339 e. The molecular formula is C19H17F3N2O5. The number of anilines is 1. The molecule has 2 N–H and O–H groups in total. The lowest BCUT2D eigenvalue weighted by Crippen LogP contribution is -2.40. The Bertz CT molecular complexity index is 936. The van der Waals surface area contributed by atoms with Gasteiger partial charge in [-0.2, -0.15) is 0 Å². The monoisotopic (exact) mass is 410 g/mol. The molecule has 29 heavy (non-hydrogen) atoms. The molecule has 0 bridgehead atoms. The van der Waals surface area contributed by atoms with E-state index < -0.39 is 53.6 Å². The number of carbonyl (C=O) groups excluding carboxylic acids is 3. The van der Waals surface area contributed by atoms with E-state index in [9.17, 15) is 27.6 Å². The van der Waals surface area contributed by atoms with Crippen LogP contribution < -0.4 is 15.4 Å². The number of benzene rings is 2.